The molecule has 1 aromatic heterocycles. The Bertz CT molecular complexity index is 337. The molecule has 0 amide bonds. The lowest BCUT2D eigenvalue weighted by Gasteiger charge is -2.23. The molecule has 0 aliphatic heterocycles. The van der Waals surface area contributed by atoms with Gasteiger partial charge < -0.3 is 10.1 Å². The molecule has 1 heterocycles. The van der Waals surface area contributed by atoms with Crippen LogP contribution >= 0.6 is 0 Å². The van der Waals surface area contributed by atoms with E-state index < -0.39 is 0 Å². The molecule has 0 fully saturated rings. The molecule has 0 aliphatic rings. The number of nitrogens with one attached hydrogen (secondary N) is 1. The van der Waals surface area contributed by atoms with Gasteiger partial charge in [0.2, 0.25) is 5.88 Å². The minimum absolute atomic E-state index is 0.143. The van der Waals surface area contributed by atoms with Crippen LogP contribution in [0.25, 0.3) is 0 Å². The highest BCUT2D eigenvalue weighted by molar-refractivity contribution is 5.52. The second kappa shape index (κ2) is 6.48. The normalized spacial score (nSPS) is 12.9. The van der Waals surface area contributed by atoms with E-state index in [2.05, 4.69) is 31.1 Å². The fraction of sp³-hybridized carbons (Fsp3) is 0.643. The summed E-state index contributed by atoms with van der Waals surface area (Å²) < 4.78 is 5.70. The van der Waals surface area contributed by atoms with E-state index in [0.29, 0.717) is 17.8 Å². The van der Waals surface area contributed by atoms with Crippen LogP contribution in [0.1, 0.15) is 41.0 Å². The molecule has 0 aromatic carbocycles. The summed E-state index contributed by atoms with van der Waals surface area (Å²) in [4.78, 5) is 4.28. The summed E-state index contributed by atoms with van der Waals surface area (Å²) in [5.41, 5.74) is 0.988. The Morgan fingerprint density at radius 1 is 1.29 bits per heavy atom. The van der Waals surface area contributed by atoms with Crippen molar-refractivity contribution < 1.29 is 4.74 Å². The fourth-order valence-electron chi connectivity index (χ4n) is 1.76. The predicted molar refractivity (Wildman–Crippen MR) is 72.5 cm³/mol. The number of anilines is 1. The molecule has 3 nitrogen and oxygen atoms in total. The number of nitrogens with zero attached hydrogens (tertiary/aromatic N) is 1. The first kappa shape index (κ1) is 13.8. The maximum atomic E-state index is 5.70. The molecule has 1 rings (SSSR count). The third-order valence-corrected chi connectivity index (χ3v) is 2.70. The van der Waals surface area contributed by atoms with Gasteiger partial charge >= 0.3 is 0 Å². The van der Waals surface area contributed by atoms with Crippen LogP contribution in [0, 0.1) is 5.92 Å². The lowest BCUT2D eigenvalue weighted by atomic mass is 10.0. The van der Waals surface area contributed by atoms with Gasteiger partial charge in [0.05, 0.1) is 11.8 Å². The van der Waals surface area contributed by atoms with Gasteiger partial charge in [-0.15, -0.1) is 0 Å². The van der Waals surface area contributed by atoms with Gasteiger partial charge in [-0.2, -0.15) is 0 Å². The Labute approximate surface area is 105 Å². The summed E-state index contributed by atoms with van der Waals surface area (Å²) in [5, 5.41) is 3.51. The minimum atomic E-state index is 0.143. The summed E-state index contributed by atoms with van der Waals surface area (Å²) in [6.45, 7) is 10.7. The molecule has 0 aliphatic carbocycles. The molecule has 1 aromatic rings. The van der Waals surface area contributed by atoms with Crippen molar-refractivity contribution in [2.75, 3.05) is 5.32 Å². The van der Waals surface area contributed by atoms with Gasteiger partial charge in [-0.3, -0.25) is 0 Å². The molecule has 0 saturated carbocycles. The number of ether oxygens (including phenoxy) is 1. The van der Waals surface area contributed by atoms with E-state index in [4.69, 9.17) is 4.74 Å². The average molecular weight is 236 g/mol. The Hall–Kier alpha value is -1.25. The second-order valence-corrected chi connectivity index (χ2v) is 4.93. The molecule has 0 bridgehead atoms. The molecule has 0 spiro atoms. The van der Waals surface area contributed by atoms with Gasteiger partial charge in [0.25, 0.3) is 0 Å². The number of hydrogen-bond acceptors (Lipinski definition) is 3. The lowest BCUT2D eigenvalue weighted by Crippen LogP contribution is -2.25. The smallest absolute Gasteiger partial charge is 0.237 e. The van der Waals surface area contributed by atoms with Crippen LogP contribution in [-0.2, 0) is 0 Å². The highest BCUT2D eigenvalue weighted by Gasteiger charge is 2.14. The molecular formula is C14H24N2O. The Morgan fingerprint density at radius 2 is 2.00 bits per heavy atom. The SMILES string of the molecule is CCC(Nc1cccnc1OC(C)C)C(C)C. The van der Waals surface area contributed by atoms with Crippen LogP contribution < -0.4 is 10.1 Å². The number of aromatic nitrogens is 1. The van der Waals surface area contributed by atoms with Crippen LogP contribution in [0.4, 0.5) is 5.69 Å². The van der Waals surface area contributed by atoms with Crippen molar-refractivity contribution in [2.24, 2.45) is 5.92 Å². The van der Waals surface area contributed by atoms with Gasteiger partial charge in [-0.05, 0) is 38.3 Å². The van der Waals surface area contributed by atoms with Crippen LogP contribution in [0.3, 0.4) is 0 Å². The molecule has 96 valence electrons. The monoisotopic (exact) mass is 236 g/mol. The van der Waals surface area contributed by atoms with Crippen molar-refractivity contribution in [1.29, 1.82) is 0 Å². The highest BCUT2D eigenvalue weighted by atomic mass is 16.5. The zero-order valence-corrected chi connectivity index (χ0v) is 11.5. The first-order valence-corrected chi connectivity index (χ1v) is 6.42. The van der Waals surface area contributed by atoms with Gasteiger partial charge in [0.1, 0.15) is 0 Å². The number of hydrogen-bond donors (Lipinski definition) is 1. The van der Waals surface area contributed by atoms with Crippen molar-refractivity contribution >= 4 is 5.69 Å². The average Bonchev–Trinajstić information content (AvgIpc) is 2.26. The van der Waals surface area contributed by atoms with Crippen LogP contribution in [0.5, 0.6) is 5.88 Å². The zero-order chi connectivity index (χ0) is 12.8. The topological polar surface area (TPSA) is 34.2 Å². The highest BCUT2D eigenvalue weighted by Crippen LogP contribution is 2.24. The van der Waals surface area contributed by atoms with Gasteiger partial charge in [-0.25, -0.2) is 4.98 Å². The van der Waals surface area contributed by atoms with Gasteiger partial charge in [-0.1, -0.05) is 20.8 Å². The Morgan fingerprint density at radius 3 is 2.53 bits per heavy atom. The van der Waals surface area contributed by atoms with E-state index in [1.165, 1.54) is 0 Å². The van der Waals surface area contributed by atoms with Gasteiger partial charge in [0.15, 0.2) is 0 Å². The summed E-state index contributed by atoms with van der Waals surface area (Å²) in [5.74, 6) is 1.29. The maximum Gasteiger partial charge on any atom is 0.237 e. The van der Waals surface area contributed by atoms with E-state index >= 15 is 0 Å². The van der Waals surface area contributed by atoms with E-state index in [0.717, 1.165) is 12.1 Å². The van der Waals surface area contributed by atoms with Crippen LogP contribution in [0.15, 0.2) is 18.3 Å². The van der Waals surface area contributed by atoms with E-state index in [1.807, 2.05) is 26.0 Å². The van der Waals surface area contributed by atoms with Crippen molar-refractivity contribution in [3.63, 3.8) is 0 Å². The van der Waals surface area contributed by atoms with Gasteiger partial charge in [0, 0.05) is 12.2 Å². The molecule has 3 heteroatoms. The number of pyridine rings is 1. The molecule has 17 heavy (non-hydrogen) atoms. The number of rotatable bonds is 6. The quantitative estimate of drug-likeness (QED) is 0.817. The molecule has 1 atom stereocenters. The van der Waals surface area contributed by atoms with Crippen molar-refractivity contribution in [2.45, 2.75) is 53.2 Å². The second-order valence-electron chi connectivity index (χ2n) is 4.93. The Balaban J connectivity index is 2.82. The van der Waals surface area contributed by atoms with Crippen molar-refractivity contribution in [3.8, 4) is 5.88 Å². The predicted octanol–water partition coefficient (Wildman–Crippen LogP) is 3.72. The third kappa shape index (κ3) is 4.25. The standard InChI is InChI=1S/C14H24N2O/c1-6-12(10(2)3)16-13-8-7-9-15-14(13)17-11(4)5/h7-12,16H,6H2,1-5H3. The minimum Gasteiger partial charge on any atom is -0.473 e. The third-order valence-electron chi connectivity index (χ3n) is 2.70. The van der Waals surface area contributed by atoms with Crippen LogP contribution in [0.2, 0.25) is 0 Å². The lowest BCUT2D eigenvalue weighted by molar-refractivity contribution is 0.233. The first-order valence-electron chi connectivity index (χ1n) is 6.42. The summed E-state index contributed by atoms with van der Waals surface area (Å²) >= 11 is 0. The summed E-state index contributed by atoms with van der Waals surface area (Å²) in [6, 6.07) is 4.41. The van der Waals surface area contributed by atoms with E-state index in [9.17, 15) is 0 Å². The van der Waals surface area contributed by atoms with E-state index in [-0.39, 0.29) is 6.10 Å². The largest absolute Gasteiger partial charge is 0.473 e. The molecular weight excluding hydrogens is 212 g/mol. The molecule has 1 unspecified atom stereocenters. The fourth-order valence-corrected chi connectivity index (χ4v) is 1.76. The zero-order valence-electron chi connectivity index (χ0n) is 11.5. The van der Waals surface area contributed by atoms with E-state index in [1.54, 1.807) is 6.20 Å². The van der Waals surface area contributed by atoms with Crippen molar-refractivity contribution in [3.05, 3.63) is 18.3 Å². The van der Waals surface area contributed by atoms with Crippen molar-refractivity contribution in [1.82, 2.24) is 4.98 Å². The Kier molecular flexibility index (Phi) is 5.26. The van der Waals surface area contributed by atoms with Crippen LogP contribution in [-0.4, -0.2) is 17.1 Å². The molecule has 0 saturated heterocycles. The first-order chi connectivity index (χ1) is 8.04. The maximum absolute atomic E-state index is 5.70. The molecule has 1 N–H and O–H groups in total. The summed E-state index contributed by atoms with van der Waals surface area (Å²) in [7, 11) is 0. The molecule has 0 radical (unpaired) electrons. The summed E-state index contributed by atoms with van der Waals surface area (Å²) in [6.07, 6.45) is 3.00.